The number of ether oxygens (including phenoxy) is 1. The molecule has 1 aromatic rings. The summed E-state index contributed by atoms with van der Waals surface area (Å²) in [6.45, 7) is 7.04. The first-order chi connectivity index (χ1) is 10.3. The van der Waals surface area contributed by atoms with Crippen molar-refractivity contribution in [3.8, 4) is 0 Å². The summed E-state index contributed by atoms with van der Waals surface area (Å²) in [5.74, 6) is 0.401. The number of likely N-dealkylation sites (tertiary alicyclic amines) is 1. The lowest BCUT2D eigenvalue weighted by Crippen LogP contribution is -2.41. The second kappa shape index (κ2) is 6.38. The third kappa shape index (κ3) is 4.00. The average Bonchev–Trinajstić information content (AvgIpc) is 2.46. The van der Waals surface area contributed by atoms with E-state index in [4.69, 9.17) is 15.9 Å². The van der Waals surface area contributed by atoms with Gasteiger partial charge in [0.25, 0.3) is 0 Å². The van der Waals surface area contributed by atoms with Crippen LogP contribution in [-0.2, 0) is 4.74 Å². The third-order valence-corrected chi connectivity index (χ3v) is 3.88. The number of hydrogen-bond donors (Lipinski definition) is 2. The third-order valence-electron chi connectivity index (χ3n) is 3.88. The van der Waals surface area contributed by atoms with Gasteiger partial charge in [0.2, 0.25) is 0 Å². The van der Waals surface area contributed by atoms with Crippen LogP contribution in [0.3, 0.4) is 0 Å². The van der Waals surface area contributed by atoms with E-state index in [0.717, 1.165) is 18.4 Å². The predicted molar refractivity (Wildman–Crippen MR) is 88.5 cm³/mol. The smallest absolute Gasteiger partial charge is 0.410 e. The number of nitrogens with zero attached hydrogens (tertiary/aromatic N) is 1. The van der Waals surface area contributed by atoms with Gasteiger partial charge in [-0.1, -0.05) is 6.07 Å². The Morgan fingerprint density at radius 3 is 2.55 bits per heavy atom. The monoisotopic (exact) mass is 303 g/mol. The van der Waals surface area contributed by atoms with Crippen LogP contribution in [-0.4, -0.2) is 35.9 Å². The van der Waals surface area contributed by atoms with Gasteiger partial charge in [-0.3, -0.25) is 0 Å². The maximum atomic E-state index is 12.1. The number of nitrogens with one attached hydrogen (secondary N) is 1. The molecule has 0 aliphatic carbocycles. The molecule has 5 heteroatoms. The Labute approximate surface area is 132 Å². The van der Waals surface area contributed by atoms with Crippen LogP contribution in [0.25, 0.3) is 0 Å². The lowest BCUT2D eigenvalue weighted by Gasteiger charge is -2.33. The van der Waals surface area contributed by atoms with Crippen molar-refractivity contribution >= 4 is 18.0 Å². The van der Waals surface area contributed by atoms with Gasteiger partial charge >= 0.3 is 6.09 Å². The second-order valence-corrected chi connectivity index (χ2v) is 6.77. The Bertz CT molecular complexity index is 556. The lowest BCUT2D eigenvalue weighted by molar-refractivity contribution is 0.0205. The van der Waals surface area contributed by atoms with Crippen molar-refractivity contribution in [2.24, 2.45) is 0 Å². The van der Waals surface area contributed by atoms with Crippen molar-refractivity contribution in [3.05, 3.63) is 29.3 Å². The van der Waals surface area contributed by atoms with E-state index in [2.05, 4.69) is 0 Å². The Morgan fingerprint density at radius 1 is 1.36 bits per heavy atom. The molecule has 0 aromatic heterocycles. The van der Waals surface area contributed by atoms with Crippen molar-refractivity contribution in [3.63, 3.8) is 0 Å². The van der Waals surface area contributed by atoms with Crippen LogP contribution in [0.1, 0.15) is 50.7 Å². The molecule has 1 fully saturated rings. The molecule has 2 rings (SSSR count). The van der Waals surface area contributed by atoms with Gasteiger partial charge in [0, 0.05) is 30.6 Å². The summed E-state index contributed by atoms with van der Waals surface area (Å²) in [6, 6.07) is 5.86. The summed E-state index contributed by atoms with van der Waals surface area (Å²) in [6.07, 6.45) is 2.86. The first-order valence-corrected chi connectivity index (χ1v) is 7.68. The van der Waals surface area contributed by atoms with Crippen LogP contribution in [0, 0.1) is 5.41 Å². The van der Waals surface area contributed by atoms with E-state index < -0.39 is 5.60 Å². The molecular weight excluding hydrogens is 278 g/mol. The van der Waals surface area contributed by atoms with E-state index in [9.17, 15) is 4.79 Å². The zero-order valence-electron chi connectivity index (χ0n) is 13.6. The minimum Gasteiger partial charge on any atom is -0.444 e. The number of amides is 1. The van der Waals surface area contributed by atoms with E-state index in [1.54, 1.807) is 4.90 Å². The van der Waals surface area contributed by atoms with E-state index in [1.807, 2.05) is 39.0 Å². The number of hydrogen-bond acceptors (Lipinski definition) is 4. The highest BCUT2D eigenvalue weighted by molar-refractivity contribution is 5.85. The zero-order valence-corrected chi connectivity index (χ0v) is 13.6. The fraction of sp³-hybridized carbons (Fsp3) is 0.529. The fourth-order valence-electron chi connectivity index (χ4n) is 2.69. The maximum absolute atomic E-state index is 12.1. The summed E-state index contributed by atoms with van der Waals surface area (Å²) in [5.41, 5.74) is 7.95. The molecule has 5 nitrogen and oxygen atoms in total. The highest BCUT2D eigenvalue weighted by atomic mass is 16.6. The maximum Gasteiger partial charge on any atom is 0.410 e. The van der Waals surface area contributed by atoms with Crippen LogP contribution in [0.4, 0.5) is 10.5 Å². The van der Waals surface area contributed by atoms with Crippen LogP contribution < -0.4 is 5.73 Å². The van der Waals surface area contributed by atoms with Crippen LogP contribution in [0.5, 0.6) is 0 Å². The first kappa shape index (κ1) is 16.3. The van der Waals surface area contributed by atoms with E-state index in [1.165, 1.54) is 11.8 Å². The normalized spacial score (nSPS) is 16.4. The molecule has 0 bridgehead atoms. The van der Waals surface area contributed by atoms with Crippen LogP contribution in [0.2, 0.25) is 0 Å². The van der Waals surface area contributed by atoms with E-state index in [-0.39, 0.29) is 6.09 Å². The van der Waals surface area contributed by atoms with Gasteiger partial charge in [0.05, 0.1) is 0 Å². The molecule has 3 N–H and O–H groups in total. The number of nitrogen functional groups attached to an aromatic ring is 1. The van der Waals surface area contributed by atoms with Gasteiger partial charge in [0.1, 0.15) is 5.60 Å². The molecule has 1 aliphatic rings. The van der Waals surface area contributed by atoms with Crippen LogP contribution in [0.15, 0.2) is 18.2 Å². The number of carbonyl (C=O) groups is 1. The zero-order chi connectivity index (χ0) is 16.3. The molecule has 0 spiro atoms. The molecule has 120 valence electrons. The summed E-state index contributed by atoms with van der Waals surface area (Å²) in [5, 5.41) is 7.39. The SMILES string of the molecule is CC(C)(C)OC(=O)N1CCC(c2ccc(N)c(C=N)c2)CC1. The second-order valence-electron chi connectivity index (χ2n) is 6.77. The van der Waals surface area contributed by atoms with Gasteiger partial charge in [-0.05, 0) is 57.2 Å². The molecule has 1 aromatic carbocycles. The number of nitrogens with two attached hydrogens (primary N) is 1. The van der Waals surface area contributed by atoms with Crippen molar-refractivity contribution in [2.45, 2.75) is 45.1 Å². The average molecular weight is 303 g/mol. The minimum absolute atomic E-state index is 0.233. The Kier molecular flexibility index (Phi) is 4.74. The number of piperidine rings is 1. The van der Waals surface area contributed by atoms with Crippen LogP contribution >= 0.6 is 0 Å². The van der Waals surface area contributed by atoms with Gasteiger partial charge in [0.15, 0.2) is 0 Å². The standard InChI is InChI=1S/C17H25N3O2/c1-17(2,3)22-16(21)20-8-6-12(7-9-20)13-4-5-15(19)14(10-13)11-18/h4-5,10-12,18H,6-9,19H2,1-3H3. The summed E-state index contributed by atoms with van der Waals surface area (Å²) >= 11 is 0. The summed E-state index contributed by atoms with van der Waals surface area (Å²) in [7, 11) is 0. The van der Waals surface area contributed by atoms with Gasteiger partial charge in [-0.15, -0.1) is 0 Å². The van der Waals surface area contributed by atoms with Gasteiger partial charge in [-0.25, -0.2) is 4.79 Å². The predicted octanol–water partition coefficient (Wildman–Crippen LogP) is 3.38. The van der Waals surface area contributed by atoms with E-state index in [0.29, 0.717) is 24.7 Å². The van der Waals surface area contributed by atoms with Gasteiger partial charge in [-0.2, -0.15) is 0 Å². The molecule has 22 heavy (non-hydrogen) atoms. The number of rotatable bonds is 2. The van der Waals surface area contributed by atoms with Gasteiger partial charge < -0.3 is 20.8 Å². The van der Waals surface area contributed by atoms with E-state index >= 15 is 0 Å². The topological polar surface area (TPSA) is 79.4 Å². The molecule has 0 radical (unpaired) electrons. The fourth-order valence-corrected chi connectivity index (χ4v) is 2.69. The first-order valence-electron chi connectivity index (χ1n) is 7.68. The number of carbonyl (C=O) groups excluding carboxylic acids is 1. The van der Waals surface area contributed by atoms with Crippen molar-refractivity contribution in [1.82, 2.24) is 4.90 Å². The molecule has 0 atom stereocenters. The summed E-state index contributed by atoms with van der Waals surface area (Å²) < 4.78 is 5.41. The molecular formula is C17H25N3O2. The Morgan fingerprint density at radius 2 is 2.00 bits per heavy atom. The van der Waals surface area contributed by atoms with Crippen molar-refractivity contribution in [2.75, 3.05) is 18.8 Å². The van der Waals surface area contributed by atoms with Crippen molar-refractivity contribution in [1.29, 1.82) is 5.41 Å². The summed E-state index contributed by atoms with van der Waals surface area (Å²) in [4.78, 5) is 13.8. The number of anilines is 1. The molecule has 1 amide bonds. The Balaban J connectivity index is 1.97. The molecule has 1 aliphatic heterocycles. The lowest BCUT2D eigenvalue weighted by atomic mass is 9.88. The molecule has 0 saturated carbocycles. The minimum atomic E-state index is -0.455. The molecule has 1 saturated heterocycles. The largest absolute Gasteiger partial charge is 0.444 e. The quantitative estimate of drug-likeness (QED) is 0.649. The highest BCUT2D eigenvalue weighted by Gasteiger charge is 2.27. The molecule has 0 unspecified atom stereocenters. The highest BCUT2D eigenvalue weighted by Crippen LogP contribution is 2.30. The molecule has 1 heterocycles. The number of benzene rings is 1. The Hall–Kier alpha value is -2.04. The van der Waals surface area contributed by atoms with Crippen molar-refractivity contribution < 1.29 is 9.53 Å².